The van der Waals surface area contributed by atoms with E-state index in [4.69, 9.17) is 0 Å². The normalized spacial score (nSPS) is 18.3. The van der Waals surface area contributed by atoms with Gasteiger partial charge in [0.15, 0.2) is 0 Å². The number of carbonyl (C=O) groups is 2. The molecule has 0 aromatic heterocycles. The van der Waals surface area contributed by atoms with Crippen LogP contribution in [-0.4, -0.2) is 72.3 Å². The molecular formula is C20H28FN3O2. The fourth-order valence-electron chi connectivity index (χ4n) is 3.73. The number of rotatable bonds is 6. The number of benzene rings is 1. The topological polar surface area (TPSA) is 43.9 Å². The lowest BCUT2D eigenvalue weighted by Gasteiger charge is -2.35. The lowest BCUT2D eigenvalue weighted by atomic mass is 10.1. The van der Waals surface area contributed by atoms with Gasteiger partial charge in [-0.2, -0.15) is 0 Å². The maximum absolute atomic E-state index is 13.2. The van der Waals surface area contributed by atoms with Crippen molar-refractivity contribution in [2.24, 2.45) is 0 Å². The van der Waals surface area contributed by atoms with E-state index in [1.54, 1.807) is 6.07 Å². The van der Waals surface area contributed by atoms with E-state index >= 15 is 0 Å². The highest BCUT2D eigenvalue weighted by molar-refractivity contribution is 5.78. The first-order valence-corrected chi connectivity index (χ1v) is 9.64. The molecule has 3 rings (SSSR count). The predicted octanol–water partition coefficient (Wildman–Crippen LogP) is 1.91. The zero-order valence-electron chi connectivity index (χ0n) is 15.3. The van der Waals surface area contributed by atoms with Crippen LogP contribution in [0.25, 0.3) is 0 Å². The van der Waals surface area contributed by atoms with Crippen LogP contribution in [0.4, 0.5) is 4.39 Å². The van der Waals surface area contributed by atoms with E-state index in [2.05, 4.69) is 4.90 Å². The van der Waals surface area contributed by atoms with Gasteiger partial charge >= 0.3 is 0 Å². The Labute approximate surface area is 154 Å². The second-order valence-electron chi connectivity index (χ2n) is 7.19. The van der Waals surface area contributed by atoms with Crippen molar-refractivity contribution in [1.29, 1.82) is 0 Å². The third kappa shape index (κ3) is 5.27. The van der Waals surface area contributed by atoms with Crippen LogP contribution in [0.15, 0.2) is 24.3 Å². The molecule has 2 aliphatic heterocycles. The van der Waals surface area contributed by atoms with E-state index < -0.39 is 0 Å². The van der Waals surface area contributed by atoms with Crippen LogP contribution in [0.3, 0.4) is 0 Å². The Kier molecular flexibility index (Phi) is 6.61. The van der Waals surface area contributed by atoms with E-state index in [9.17, 15) is 14.0 Å². The molecule has 1 aromatic carbocycles. The van der Waals surface area contributed by atoms with Gasteiger partial charge in [0.05, 0.1) is 0 Å². The monoisotopic (exact) mass is 361 g/mol. The summed E-state index contributed by atoms with van der Waals surface area (Å²) in [5.74, 6) is 0.0122. The van der Waals surface area contributed by atoms with E-state index in [1.165, 1.54) is 25.0 Å². The molecule has 26 heavy (non-hydrogen) atoms. The summed E-state index contributed by atoms with van der Waals surface area (Å²) in [5, 5.41) is 0. The number of hydrogen-bond donors (Lipinski definition) is 0. The smallest absolute Gasteiger partial charge is 0.223 e. The van der Waals surface area contributed by atoms with E-state index in [0.29, 0.717) is 45.4 Å². The number of aryl methyl sites for hydroxylation is 1. The minimum Gasteiger partial charge on any atom is -0.339 e. The first-order valence-electron chi connectivity index (χ1n) is 9.64. The average Bonchev–Trinajstić information content (AvgIpc) is 3.18. The van der Waals surface area contributed by atoms with Crippen LogP contribution in [-0.2, 0) is 16.0 Å². The highest BCUT2D eigenvalue weighted by Gasteiger charge is 2.24. The molecular weight excluding hydrogens is 333 g/mol. The molecule has 2 heterocycles. The van der Waals surface area contributed by atoms with Gasteiger partial charge in [0.2, 0.25) is 11.8 Å². The van der Waals surface area contributed by atoms with Crippen LogP contribution in [0, 0.1) is 5.82 Å². The highest BCUT2D eigenvalue weighted by atomic mass is 19.1. The molecule has 2 amide bonds. The maximum atomic E-state index is 13.2. The van der Waals surface area contributed by atoms with Crippen molar-refractivity contribution in [2.75, 3.05) is 45.8 Å². The van der Waals surface area contributed by atoms with E-state index in [0.717, 1.165) is 25.2 Å². The Morgan fingerprint density at radius 2 is 1.50 bits per heavy atom. The number of piperazine rings is 1. The molecule has 0 saturated carbocycles. The van der Waals surface area contributed by atoms with E-state index in [-0.39, 0.29) is 17.6 Å². The maximum Gasteiger partial charge on any atom is 0.223 e. The van der Waals surface area contributed by atoms with Gasteiger partial charge < -0.3 is 14.7 Å². The van der Waals surface area contributed by atoms with Crippen molar-refractivity contribution in [2.45, 2.75) is 32.1 Å². The average molecular weight is 361 g/mol. The van der Waals surface area contributed by atoms with Crippen molar-refractivity contribution in [3.63, 3.8) is 0 Å². The summed E-state index contributed by atoms with van der Waals surface area (Å²) in [6, 6.07) is 6.39. The molecule has 2 fully saturated rings. The number of amides is 2. The molecule has 2 saturated heterocycles. The molecule has 0 aliphatic carbocycles. The minimum absolute atomic E-state index is 0.0819. The van der Waals surface area contributed by atoms with Gasteiger partial charge in [-0.3, -0.25) is 9.59 Å². The van der Waals surface area contributed by atoms with Gasteiger partial charge in [0.1, 0.15) is 5.82 Å². The number of nitrogens with zero attached hydrogens (tertiary/aromatic N) is 3. The fraction of sp³-hybridized carbons (Fsp3) is 0.600. The highest BCUT2D eigenvalue weighted by Crippen LogP contribution is 2.12. The van der Waals surface area contributed by atoms with Crippen LogP contribution in [0.1, 0.15) is 31.2 Å². The Hall–Kier alpha value is -1.95. The molecule has 2 aliphatic rings. The van der Waals surface area contributed by atoms with Crippen molar-refractivity contribution in [3.8, 4) is 0 Å². The summed E-state index contributed by atoms with van der Waals surface area (Å²) in [6.07, 6.45) is 3.99. The summed E-state index contributed by atoms with van der Waals surface area (Å²) in [4.78, 5) is 30.7. The van der Waals surface area contributed by atoms with E-state index in [1.807, 2.05) is 15.9 Å². The number of carbonyl (C=O) groups excluding carboxylic acids is 2. The van der Waals surface area contributed by atoms with Crippen molar-refractivity contribution in [1.82, 2.24) is 14.7 Å². The lowest BCUT2D eigenvalue weighted by molar-refractivity contribution is -0.139. The Bertz CT molecular complexity index is 623. The third-order valence-corrected chi connectivity index (χ3v) is 5.34. The van der Waals surface area contributed by atoms with Crippen LogP contribution in [0.5, 0.6) is 0 Å². The third-order valence-electron chi connectivity index (χ3n) is 5.34. The molecule has 1 aromatic rings. The Morgan fingerprint density at radius 1 is 0.885 bits per heavy atom. The first-order chi connectivity index (χ1) is 12.6. The summed E-state index contributed by atoms with van der Waals surface area (Å²) in [6.45, 7) is 5.50. The molecule has 142 valence electrons. The van der Waals surface area contributed by atoms with Gasteiger partial charge in [0.25, 0.3) is 0 Å². The molecule has 0 bridgehead atoms. The second kappa shape index (κ2) is 9.12. The van der Waals surface area contributed by atoms with Gasteiger partial charge in [-0.1, -0.05) is 12.1 Å². The summed E-state index contributed by atoms with van der Waals surface area (Å²) < 4.78 is 13.2. The van der Waals surface area contributed by atoms with Gasteiger partial charge in [-0.25, -0.2) is 4.39 Å². The van der Waals surface area contributed by atoms with Gasteiger partial charge in [-0.15, -0.1) is 0 Å². The van der Waals surface area contributed by atoms with Crippen LogP contribution in [0.2, 0.25) is 0 Å². The molecule has 0 radical (unpaired) electrons. The molecule has 0 spiro atoms. The number of halogens is 1. The predicted molar refractivity (Wildman–Crippen MR) is 98.2 cm³/mol. The zero-order valence-corrected chi connectivity index (χ0v) is 15.3. The molecule has 0 N–H and O–H groups in total. The molecule has 0 atom stereocenters. The van der Waals surface area contributed by atoms with Gasteiger partial charge in [-0.05, 0) is 50.0 Å². The first kappa shape index (κ1) is 18.8. The fourth-order valence-corrected chi connectivity index (χ4v) is 3.73. The van der Waals surface area contributed by atoms with Crippen molar-refractivity contribution in [3.05, 3.63) is 35.6 Å². The van der Waals surface area contributed by atoms with Crippen molar-refractivity contribution < 1.29 is 14.0 Å². The van der Waals surface area contributed by atoms with Gasteiger partial charge in [0, 0.05) is 45.6 Å². The quantitative estimate of drug-likeness (QED) is 0.778. The standard InChI is InChI=1S/C20H28FN3O2/c21-18-5-3-4-17(16-18)6-7-19(25)23-12-14-24(15-13-23)20(26)8-11-22-9-1-2-10-22/h3-5,16H,1-2,6-15H2. The Balaban J connectivity index is 1.37. The number of likely N-dealkylation sites (tertiary alicyclic amines) is 1. The molecule has 0 unspecified atom stereocenters. The summed E-state index contributed by atoms with van der Waals surface area (Å²) >= 11 is 0. The van der Waals surface area contributed by atoms with Crippen LogP contribution < -0.4 is 0 Å². The zero-order chi connectivity index (χ0) is 18.4. The molecule has 5 nitrogen and oxygen atoms in total. The minimum atomic E-state index is -0.268. The SMILES string of the molecule is O=C(CCc1cccc(F)c1)N1CCN(C(=O)CCN2CCCC2)CC1. The number of hydrogen-bond acceptors (Lipinski definition) is 3. The lowest BCUT2D eigenvalue weighted by Crippen LogP contribution is -2.51. The second-order valence-corrected chi connectivity index (χ2v) is 7.19. The largest absolute Gasteiger partial charge is 0.339 e. The summed E-state index contributed by atoms with van der Waals surface area (Å²) in [5.41, 5.74) is 0.842. The van der Waals surface area contributed by atoms with Crippen molar-refractivity contribution >= 4 is 11.8 Å². The Morgan fingerprint density at radius 3 is 2.12 bits per heavy atom. The van der Waals surface area contributed by atoms with Crippen LogP contribution >= 0.6 is 0 Å². The summed E-state index contributed by atoms with van der Waals surface area (Å²) in [7, 11) is 0. The molecule has 6 heteroatoms.